The zero-order valence-corrected chi connectivity index (χ0v) is 17.7. The summed E-state index contributed by atoms with van der Waals surface area (Å²) in [7, 11) is 0. The average Bonchev–Trinajstić information content (AvgIpc) is 3.29. The van der Waals surface area contributed by atoms with Gasteiger partial charge in [-0.25, -0.2) is 14.0 Å². The van der Waals surface area contributed by atoms with Gasteiger partial charge in [-0.05, 0) is 41.5 Å². The largest absolute Gasteiger partial charge is 0.488 e. The summed E-state index contributed by atoms with van der Waals surface area (Å²) in [6.45, 7) is 0.809. The van der Waals surface area contributed by atoms with Gasteiger partial charge in [0.05, 0.1) is 6.54 Å². The molecule has 0 aliphatic carbocycles. The number of hydrogen-bond donors (Lipinski definition) is 2. The molecule has 0 aromatic heterocycles. The van der Waals surface area contributed by atoms with E-state index in [2.05, 4.69) is 5.32 Å². The third-order valence-corrected chi connectivity index (χ3v) is 5.30. The second-order valence-corrected chi connectivity index (χ2v) is 7.66. The number of carbonyl (C=O) groups excluding carboxylic acids is 1. The van der Waals surface area contributed by atoms with Crippen molar-refractivity contribution < 1.29 is 28.6 Å². The van der Waals surface area contributed by atoms with Gasteiger partial charge in [-0.3, -0.25) is 5.32 Å². The highest BCUT2D eigenvalue weighted by molar-refractivity contribution is 5.87. The molecule has 0 unspecified atom stereocenters. The molecule has 1 fully saturated rings. The Morgan fingerprint density at radius 2 is 1.82 bits per heavy atom. The molecule has 8 heteroatoms. The summed E-state index contributed by atoms with van der Waals surface area (Å²) >= 11 is 0. The second kappa shape index (κ2) is 10.0. The Balaban J connectivity index is 1.50. The van der Waals surface area contributed by atoms with E-state index < -0.39 is 12.2 Å². The maximum absolute atomic E-state index is 13.5. The summed E-state index contributed by atoms with van der Waals surface area (Å²) in [6, 6.07) is 20.4. The minimum atomic E-state index is -0.978. The number of ether oxygens (including phenoxy) is 2. The van der Waals surface area contributed by atoms with E-state index in [4.69, 9.17) is 9.47 Å². The molecule has 1 atom stereocenters. The van der Waals surface area contributed by atoms with Crippen molar-refractivity contribution in [2.24, 2.45) is 0 Å². The van der Waals surface area contributed by atoms with Crippen molar-refractivity contribution >= 4 is 17.9 Å². The molecule has 2 N–H and O–H groups in total. The number of carbonyl (C=O) groups is 2. The van der Waals surface area contributed by atoms with Crippen molar-refractivity contribution in [3.63, 3.8) is 0 Å². The first-order valence-corrected chi connectivity index (χ1v) is 10.5. The lowest BCUT2D eigenvalue weighted by Crippen LogP contribution is -2.29. The number of rotatable bonds is 6. The van der Waals surface area contributed by atoms with Gasteiger partial charge in [-0.1, -0.05) is 42.5 Å². The molecule has 1 aliphatic heterocycles. The Morgan fingerprint density at radius 3 is 2.52 bits per heavy atom. The topological polar surface area (TPSA) is 88.1 Å². The van der Waals surface area contributed by atoms with Gasteiger partial charge in [0.2, 0.25) is 0 Å². The van der Waals surface area contributed by atoms with Gasteiger partial charge in [-0.2, -0.15) is 0 Å². The minimum Gasteiger partial charge on any atom is -0.488 e. The number of amides is 2. The van der Waals surface area contributed by atoms with Crippen LogP contribution in [0.2, 0.25) is 0 Å². The van der Waals surface area contributed by atoms with E-state index in [1.807, 2.05) is 30.3 Å². The van der Waals surface area contributed by atoms with Crippen LogP contribution in [-0.2, 0) is 11.3 Å². The van der Waals surface area contributed by atoms with Gasteiger partial charge >= 0.3 is 12.2 Å². The van der Waals surface area contributed by atoms with Crippen LogP contribution in [0.1, 0.15) is 12.0 Å². The number of benzene rings is 3. The lowest BCUT2D eigenvalue weighted by Gasteiger charge is -2.18. The van der Waals surface area contributed by atoms with E-state index in [-0.39, 0.29) is 25.1 Å². The van der Waals surface area contributed by atoms with Crippen LogP contribution >= 0.6 is 0 Å². The Bertz CT molecular complexity index is 1120. The molecule has 4 rings (SSSR count). The molecule has 1 aliphatic rings. The van der Waals surface area contributed by atoms with E-state index >= 15 is 0 Å². The van der Waals surface area contributed by atoms with Crippen molar-refractivity contribution in [3.8, 4) is 16.9 Å². The van der Waals surface area contributed by atoms with Crippen molar-refractivity contribution in [2.75, 3.05) is 18.4 Å². The molecule has 3 aromatic rings. The molecular weight excluding hydrogens is 427 g/mol. The predicted molar refractivity (Wildman–Crippen MR) is 121 cm³/mol. The third kappa shape index (κ3) is 5.79. The Morgan fingerprint density at radius 1 is 1.06 bits per heavy atom. The zero-order chi connectivity index (χ0) is 23.2. The van der Waals surface area contributed by atoms with Crippen molar-refractivity contribution in [2.45, 2.75) is 19.1 Å². The number of hydrogen-bond acceptors (Lipinski definition) is 4. The molecule has 1 saturated heterocycles. The van der Waals surface area contributed by atoms with Crippen LogP contribution < -0.4 is 10.1 Å². The molecule has 170 valence electrons. The fourth-order valence-corrected chi connectivity index (χ4v) is 3.62. The standard InChI is InChI=1S/C25H23FN2O5/c26-19-8-6-18(7-9-19)22-14-20(27-24(29)32-16-17-4-2-1-3-5-17)10-11-23(22)33-21-12-13-28(15-21)25(30)31/h1-11,14,21H,12-13,15-16H2,(H,27,29)(H,30,31)/t21-/m0/s1. The zero-order valence-electron chi connectivity index (χ0n) is 17.7. The van der Waals surface area contributed by atoms with Gasteiger partial charge < -0.3 is 19.5 Å². The molecule has 1 heterocycles. The van der Waals surface area contributed by atoms with Gasteiger partial charge in [0.25, 0.3) is 0 Å². The van der Waals surface area contributed by atoms with Crippen LogP contribution in [0, 0.1) is 5.82 Å². The molecular formula is C25H23FN2O5. The van der Waals surface area contributed by atoms with E-state index in [0.29, 0.717) is 35.5 Å². The molecule has 0 bridgehead atoms. The van der Waals surface area contributed by atoms with Crippen LogP contribution in [0.5, 0.6) is 5.75 Å². The van der Waals surface area contributed by atoms with Crippen LogP contribution in [0.3, 0.4) is 0 Å². The quantitative estimate of drug-likeness (QED) is 0.527. The molecule has 33 heavy (non-hydrogen) atoms. The van der Waals surface area contributed by atoms with Gasteiger partial charge in [-0.15, -0.1) is 0 Å². The maximum atomic E-state index is 13.5. The molecule has 2 amide bonds. The number of nitrogens with one attached hydrogen (secondary N) is 1. The highest BCUT2D eigenvalue weighted by atomic mass is 19.1. The monoisotopic (exact) mass is 450 g/mol. The molecule has 7 nitrogen and oxygen atoms in total. The van der Waals surface area contributed by atoms with Gasteiger partial charge in [0.1, 0.15) is 24.3 Å². The van der Waals surface area contributed by atoms with Gasteiger partial charge in [0.15, 0.2) is 0 Å². The number of anilines is 1. The van der Waals surface area contributed by atoms with Crippen LogP contribution in [0.4, 0.5) is 19.7 Å². The molecule has 0 radical (unpaired) electrons. The van der Waals surface area contributed by atoms with Crippen molar-refractivity contribution in [1.82, 2.24) is 4.90 Å². The summed E-state index contributed by atoms with van der Waals surface area (Å²) in [5.41, 5.74) is 2.69. The molecule has 0 saturated carbocycles. The summed E-state index contributed by atoms with van der Waals surface area (Å²) < 4.78 is 24.8. The van der Waals surface area contributed by atoms with E-state index in [0.717, 1.165) is 5.56 Å². The summed E-state index contributed by atoms with van der Waals surface area (Å²) in [6.07, 6.45) is -1.31. The lowest BCUT2D eigenvalue weighted by molar-refractivity contribution is 0.146. The highest BCUT2D eigenvalue weighted by Gasteiger charge is 2.28. The fraction of sp³-hybridized carbons (Fsp3) is 0.200. The SMILES string of the molecule is O=C(Nc1ccc(O[C@H]2CCN(C(=O)O)C2)c(-c2ccc(F)cc2)c1)OCc1ccccc1. The average molecular weight is 450 g/mol. The van der Waals surface area contributed by atoms with Crippen LogP contribution in [0.25, 0.3) is 11.1 Å². The molecule has 0 spiro atoms. The van der Waals surface area contributed by atoms with Gasteiger partial charge in [0, 0.05) is 24.2 Å². The van der Waals surface area contributed by atoms with E-state index in [1.54, 1.807) is 30.3 Å². The maximum Gasteiger partial charge on any atom is 0.411 e. The van der Waals surface area contributed by atoms with E-state index in [9.17, 15) is 19.1 Å². The number of halogens is 1. The smallest absolute Gasteiger partial charge is 0.411 e. The number of nitrogens with zero attached hydrogens (tertiary/aromatic N) is 1. The Hall–Kier alpha value is -4.07. The number of carboxylic acid groups (broad SMARTS) is 1. The first-order chi connectivity index (χ1) is 16.0. The minimum absolute atomic E-state index is 0.139. The third-order valence-electron chi connectivity index (χ3n) is 5.30. The first-order valence-electron chi connectivity index (χ1n) is 10.5. The fourth-order valence-electron chi connectivity index (χ4n) is 3.62. The van der Waals surface area contributed by atoms with E-state index in [1.165, 1.54) is 17.0 Å². The normalized spacial score (nSPS) is 15.2. The number of likely N-dealkylation sites (tertiary alicyclic amines) is 1. The van der Waals surface area contributed by atoms with Crippen LogP contribution in [-0.4, -0.2) is 41.4 Å². The predicted octanol–water partition coefficient (Wildman–Crippen LogP) is 5.37. The van der Waals surface area contributed by atoms with Crippen molar-refractivity contribution in [1.29, 1.82) is 0 Å². The highest BCUT2D eigenvalue weighted by Crippen LogP contribution is 2.34. The lowest BCUT2D eigenvalue weighted by atomic mass is 10.0. The van der Waals surface area contributed by atoms with Crippen molar-refractivity contribution in [3.05, 3.63) is 84.2 Å². The Labute approximate surface area is 190 Å². The second-order valence-electron chi connectivity index (χ2n) is 7.66. The summed E-state index contributed by atoms with van der Waals surface area (Å²) in [5, 5.41) is 11.9. The Kier molecular flexibility index (Phi) is 6.73. The van der Waals surface area contributed by atoms with Crippen LogP contribution in [0.15, 0.2) is 72.8 Å². The molecule has 3 aromatic carbocycles. The first kappa shape index (κ1) is 22.1. The summed E-state index contributed by atoms with van der Waals surface area (Å²) in [5.74, 6) is 0.148. The summed E-state index contributed by atoms with van der Waals surface area (Å²) in [4.78, 5) is 24.8.